The van der Waals surface area contributed by atoms with Gasteiger partial charge in [-0.1, -0.05) is 0 Å². The fraction of sp³-hybridized carbons (Fsp3) is 0.615. The van der Waals surface area contributed by atoms with Gasteiger partial charge < -0.3 is 9.64 Å². The predicted molar refractivity (Wildman–Crippen MR) is 68.6 cm³/mol. The van der Waals surface area contributed by atoms with Gasteiger partial charge in [0.2, 0.25) is 0 Å². The molecule has 8 heteroatoms. The SMILES string of the molecule is CCOC(=O)C1CCN(c2ccc(C(F)(F)F)nn2)CC1. The van der Waals surface area contributed by atoms with Crippen molar-refractivity contribution in [3.63, 3.8) is 0 Å². The molecule has 1 aliphatic rings. The van der Waals surface area contributed by atoms with Crippen LogP contribution < -0.4 is 4.90 Å². The highest BCUT2D eigenvalue weighted by Crippen LogP contribution is 2.28. The summed E-state index contributed by atoms with van der Waals surface area (Å²) in [5.74, 6) is 0.0320. The van der Waals surface area contributed by atoms with Gasteiger partial charge in [0.05, 0.1) is 12.5 Å². The first-order chi connectivity index (χ1) is 9.91. The molecule has 0 aliphatic carbocycles. The van der Waals surface area contributed by atoms with Crippen molar-refractivity contribution in [3.05, 3.63) is 17.8 Å². The lowest BCUT2D eigenvalue weighted by Gasteiger charge is -2.31. The highest BCUT2D eigenvalue weighted by atomic mass is 19.4. The van der Waals surface area contributed by atoms with Crippen molar-refractivity contribution in [2.24, 2.45) is 5.92 Å². The maximum atomic E-state index is 12.4. The van der Waals surface area contributed by atoms with E-state index in [1.54, 1.807) is 6.92 Å². The van der Waals surface area contributed by atoms with E-state index in [2.05, 4.69) is 10.2 Å². The van der Waals surface area contributed by atoms with E-state index in [1.165, 1.54) is 6.07 Å². The zero-order valence-corrected chi connectivity index (χ0v) is 11.6. The third kappa shape index (κ3) is 3.83. The van der Waals surface area contributed by atoms with Gasteiger partial charge in [0.1, 0.15) is 0 Å². The van der Waals surface area contributed by atoms with Gasteiger partial charge in [-0.2, -0.15) is 13.2 Å². The van der Waals surface area contributed by atoms with Gasteiger partial charge in [0.15, 0.2) is 11.5 Å². The Hall–Kier alpha value is -1.86. The Balaban J connectivity index is 1.95. The summed E-state index contributed by atoms with van der Waals surface area (Å²) in [5, 5.41) is 6.82. The van der Waals surface area contributed by atoms with E-state index in [9.17, 15) is 18.0 Å². The maximum Gasteiger partial charge on any atom is 0.435 e. The summed E-state index contributed by atoms with van der Waals surface area (Å²) in [7, 11) is 0. The Labute approximate surface area is 120 Å². The number of carbonyl (C=O) groups excluding carboxylic acids is 1. The Morgan fingerprint density at radius 3 is 2.48 bits per heavy atom. The Morgan fingerprint density at radius 1 is 1.33 bits per heavy atom. The van der Waals surface area contributed by atoms with E-state index in [0.717, 1.165) is 6.07 Å². The molecule has 1 aliphatic heterocycles. The van der Waals surface area contributed by atoms with Gasteiger partial charge in [-0.05, 0) is 31.9 Å². The van der Waals surface area contributed by atoms with Crippen molar-refractivity contribution in [3.8, 4) is 0 Å². The van der Waals surface area contributed by atoms with Crippen LogP contribution in [0.15, 0.2) is 12.1 Å². The average Bonchev–Trinajstić information content (AvgIpc) is 2.47. The van der Waals surface area contributed by atoms with E-state index >= 15 is 0 Å². The van der Waals surface area contributed by atoms with E-state index in [0.29, 0.717) is 38.4 Å². The first kappa shape index (κ1) is 15.5. The fourth-order valence-electron chi connectivity index (χ4n) is 2.25. The molecule has 2 rings (SSSR count). The Morgan fingerprint density at radius 2 is 2.00 bits per heavy atom. The number of nitrogens with zero attached hydrogens (tertiary/aromatic N) is 3. The molecule has 0 aromatic carbocycles. The zero-order chi connectivity index (χ0) is 15.5. The Kier molecular flexibility index (Phi) is 4.64. The van der Waals surface area contributed by atoms with E-state index in [-0.39, 0.29) is 11.9 Å². The number of rotatable bonds is 3. The molecule has 116 valence electrons. The highest BCUT2D eigenvalue weighted by Gasteiger charge is 2.33. The molecule has 0 atom stereocenters. The predicted octanol–water partition coefficient (Wildman–Crippen LogP) is 2.27. The highest BCUT2D eigenvalue weighted by molar-refractivity contribution is 5.72. The van der Waals surface area contributed by atoms with Crippen molar-refractivity contribution in [2.45, 2.75) is 25.9 Å². The van der Waals surface area contributed by atoms with E-state index < -0.39 is 11.9 Å². The summed E-state index contributed by atoms with van der Waals surface area (Å²) in [6.07, 6.45) is -3.29. The number of ether oxygens (including phenoxy) is 1. The molecular formula is C13H16F3N3O2. The number of aromatic nitrogens is 2. The lowest BCUT2D eigenvalue weighted by molar-refractivity contribution is -0.148. The van der Waals surface area contributed by atoms with Crippen LogP contribution in [0.1, 0.15) is 25.5 Å². The minimum absolute atomic E-state index is 0.149. The van der Waals surface area contributed by atoms with Crippen LogP contribution in [0.3, 0.4) is 0 Å². The van der Waals surface area contributed by atoms with Gasteiger partial charge in [-0.3, -0.25) is 4.79 Å². The van der Waals surface area contributed by atoms with Crippen LogP contribution in [0.5, 0.6) is 0 Å². The van der Waals surface area contributed by atoms with Gasteiger partial charge in [0.25, 0.3) is 0 Å². The normalized spacial score (nSPS) is 16.9. The maximum absolute atomic E-state index is 12.4. The van der Waals surface area contributed by atoms with Crippen LogP contribution >= 0.6 is 0 Å². The molecule has 0 radical (unpaired) electrons. The number of piperidine rings is 1. The number of carbonyl (C=O) groups is 1. The molecule has 0 amide bonds. The van der Waals surface area contributed by atoms with Gasteiger partial charge >= 0.3 is 12.1 Å². The van der Waals surface area contributed by atoms with Crippen molar-refractivity contribution in [2.75, 3.05) is 24.6 Å². The van der Waals surface area contributed by atoms with E-state index in [4.69, 9.17) is 4.74 Å². The molecule has 0 saturated carbocycles. The van der Waals surface area contributed by atoms with Gasteiger partial charge in [-0.15, -0.1) is 10.2 Å². The van der Waals surface area contributed by atoms with E-state index in [1.807, 2.05) is 4.90 Å². The van der Waals surface area contributed by atoms with Crippen LogP contribution in [0, 0.1) is 5.92 Å². The molecule has 1 saturated heterocycles. The Bertz CT molecular complexity index is 482. The van der Waals surface area contributed by atoms with Crippen molar-refractivity contribution in [1.82, 2.24) is 10.2 Å². The summed E-state index contributed by atoms with van der Waals surface area (Å²) in [4.78, 5) is 13.4. The summed E-state index contributed by atoms with van der Waals surface area (Å²) in [6, 6.07) is 2.22. The minimum atomic E-state index is -4.48. The molecule has 0 N–H and O–H groups in total. The van der Waals surface area contributed by atoms with Crippen LogP contribution in [-0.2, 0) is 15.7 Å². The molecule has 21 heavy (non-hydrogen) atoms. The molecular weight excluding hydrogens is 287 g/mol. The molecule has 1 fully saturated rings. The van der Waals surface area contributed by atoms with Gasteiger partial charge in [0, 0.05) is 13.1 Å². The average molecular weight is 303 g/mol. The molecule has 1 aromatic rings. The standard InChI is InChI=1S/C13H16F3N3O2/c1-2-21-12(20)9-5-7-19(8-6-9)11-4-3-10(17-18-11)13(14,15)16/h3-4,9H,2,5-8H2,1H3. The monoisotopic (exact) mass is 303 g/mol. The summed E-state index contributed by atoms with van der Waals surface area (Å²) < 4.78 is 42.2. The molecule has 0 bridgehead atoms. The lowest BCUT2D eigenvalue weighted by atomic mass is 9.97. The molecule has 5 nitrogen and oxygen atoms in total. The smallest absolute Gasteiger partial charge is 0.435 e. The number of alkyl halides is 3. The third-order valence-corrected chi connectivity index (χ3v) is 3.38. The number of anilines is 1. The largest absolute Gasteiger partial charge is 0.466 e. The van der Waals surface area contributed by atoms with Crippen molar-refractivity contribution < 1.29 is 22.7 Å². The van der Waals surface area contributed by atoms with Gasteiger partial charge in [-0.25, -0.2) is 0 Å². The topological polar surface area (TPSA) is 55.3 Å². The van der Waals surface area contributed by atoms with Crippen LogP contribution in [0.25, 0.3) is 0 Å². The number of hydrogen-bond acceptors (Lipinski definition) is 5. The number of hydrogen-bond donors (Lipinski definition) is 0. The number of halogens is 3. The molecule has 0 spiro atoms. The lowest BCUT2D eigenvalue weighted by Crippen LogP contribution is -2.37. The zero-order valence-electron chi connectivity index (χ0n) is 11.6. The van der Waals surface area contributed by atoms with Crippen molar-refractivity contribution >= 4 is 11.8 Å². The van der Waals surface area contributed by atoms with Crippen LogP contribution in [0.4, 0.5) is 19.0 Å². The summed E-state index contributed by atoms with van der Waals surface area (Å²) in [6.45, 7) is 3.20. The first-order valence-electron chi connectivity index (χ1n) is 6.74. The minimum Gasteiger partial charge on any atom is -0.466 e. The quantitative estimate of drug-likeness (QED) is 0.802. The van der Waals surface area contributed by atoms with Crippen LogP contribution in [0.2, 0.25) is 0 Å². The van der Waals surface area contributed by atoms with Crippen LogP contribution in [-0.4, -0.2) is 35.9 Å². The second-order valence-corrected chi connectivity index (χ2v) is 4.79. The third-order valence-electron chi connectivity index (χ3n) is 3.38. The molecule has 1 aromatic heterocycles. The second kappa shape index (κ2) is 6.28. The molecule has 0 unspecified atom stereocenters. The fourth-order valence-corrected chi connectivity index (χ4v) is 2.25. The second-order valence-electron chi connectivity index (χ2n) is 4.79. The van der Waals surface area contributed by atoms with Crippen molar-refractivity contribution in [1.29, 1.82) is 0 Å². The summed E-state index contributed by atoms with van der Waals surface area (Å²) in [5.41, 5.74) is -1.01. The molecule has 2 heterocycles. The number of esters is 1. The first-order valence-corrected chi connectivity index (χ1v) is 6.74. The summed E-state index contributed by atoms with van der Waals surface area (Å²) >= 11 is 0.